The van der Waals surface area contributed by atoms with Crippen molar-refractivity contribution in [1.82, 2.24) is 14.9 Å². The number of Topliss-reactive ketones (excluding diaryl/α,β-unsaturated/α-hetero) is 1. The highest BCUT2D eigenvalue weighted by atomic mass is 16.2. The zero-order valence-corrected chi connectivity index (χ0v) is 13.0. The van der Waals surface area contributed by atoms with Crippen molar-refractivity contribution in [2.75, 3.05) is 0 Å². The van der Waals surface area contributed by atoms with Gasteiger partial charge in [0, 0.05) is 36.7 Å². The quantitative estimate of drug-likeness (QED) is 0.795. The van der Waals surface area contributed by atoms with E-state index in [0.29, 0.717) is 19.4 Å². The van der Waals surface area contributed by atoms with E-state index in [4.69, 9.17) is 0 Å². The third kappa shape index (κ3) is 4.28. The van der Waals surface area contributed by atoms with Gasteiger partial charge in [0.15, 0.2) is 0 Å². The molecule has 116 valence electrons. The maximum atomic E-state index is 11.8. The lowest BCUT2D eigenvalue weighted by Crippen LogP contribution is -2.31. The van der Waals surface area contributed by atoms with Crippen LogP contribution in [-0.2, 0) is 29.6 Å². The van der Waals surface area contributed by atoms with Crippen molar-refractivity contribution in [1.29, 1.82) is 0 Å². The normalized spacial score (nSPS) is 10.5. The topological polar surface area (TPSA) is 64.0 Å². The van der Waals surface area contributed by atoms with Crippen LogP contribution in [0.15, 0.2) is 36.5 Å². The Bertz CT molecular complexity index is 647. The van der Waals surface area contributed by atoms with Gasteiger partial charge in [-0.15, -0.1) is 0 Å². The average molecular weight is 299 g/mol. The minimum atomic E-state index is -0.514. The smallest absolute Gasteiger partial charge is 0.287 e. The molecule has 0 atom stereocenters. The molecule has 2 heterocycles. The van der Waals surface area contributed by atoms with E-state index in [0.717, 1.165) is 17.1 Å². The lowest BCUT2D eigenvalue weighted by molar-refractivity contribution is -0.138. The molecule has 0 bridgehead atoms. The van der Waals surface area contributed by atoms with Gasteiger partial charge in [-0.3, -0.25) is 14.6 Å². The van der Waals surface area contributed by atoms with Gasteiger partial charge in [0.2, 0.25) is 5.78 Å². The van der Waals surface area contributed by atoms with E-state index in [1.807, 2.05) is 48.9 Å². The van der Waals surface area contributed by atoms with E-state index in [1.54, 1.807) is 6.20 Å². The van der Waals surface area contributed by atoms with Crippen LogP contribution in [0.5, 0.6) is 0 Å². The van der Waals surface area contributed by atoms with E-state index >= 15 is 0 Å². The summed E-state index contributed by atoms with van der Waals surface area (Å²) in [5, 5.41) is 2.68. The van der Waals surface area contributed by atoms with Crippen molar-refractivity contribution in [3.8, 4) is 0 Å². The zero-order valence-electron chi connectivity index (χ0n) is 13.0. The highest BCUT2D eigenvalue weighted by Gasteiger charge is 2.13. The van der Waals surface area contributed by atoms with Gasteiger partial charge in [0.05, 0.1) is 6.54 Å². The predicted octanol–water partition coefficient (Wildman–Crippen LogP) is 1.94. The maximum Gasteiger partial charge on any atom is 0.287 e. The van der Waals surface area contributed by atoms with Crippen LogP contribution in [0.1, 0.15) is 29.9 Å². The molecule has 1 N–H and O–H groups in total. The van der Waals surface area contributed by atoms with Crippen LogP contribution in [0.4, 0.5) is 0 Å². The number of hydrogen-bond donors (Lipinski definition) is 1. The lowest BCUT2D eigenvalue weighted by atomic mass is 10.1. The number of ketones is 1. The second-order valence-corrected chi connectivity index (χ2v) is 5.31. The fourth-order valence-corrected chi connectivity index (χ4v) is 2.20. The Labute approximate surface area is 130 Å². The van der Waals surface area contributed by atoms with Crippen LogP contribution >= 0.6 is 0 Å². The van der Waals surface area contributed by atoms with Crippen LogP contribution in [0.2, 0.25) is 0 Å². The highest BCUT2D eigenvalue weighted by Crippen LogP contribution is 2.06. The average Bonchev–Trinajstić information content (AvgIpc) is 2.85. The van der Waals surface area contributed by atoms with Crippen molar-refractivity contribution in [3.05, 3.63) is 53.6 Å². The SMILES string of the molecule is Cc1ccc(CNC(=O)C(=O)CCCc2ccccn2)n1C. The molecule has 0 saturated heterocycles. The Morgan fingerprint density at radius 1 is 1.23 bits per heavy atom. The van der Waals surface area contributed by atoms with Gasteiger partial charge in [0.25, 0.3) is 5.91 Å². The zero-order chi connectivity index (χ0) is 15.9. The summed E-state index contributed by atoms with van der Waals surface area (Å²) in [7, 11) is 1.94. The molecule has 1 amide bonds. The molecule has 5 heteroatoms. The molecule has 0 radical (unpaired) electrons. The lowest BCUT2D eigenvalue weighted by Gasteiger charge is -2.07. The van der Waals surface area contributed by atoms with Crippen molar-refractivity contribution < 1.29 is 9.59 Å². The van der Waals surface area contributed by atoms with Gasteiger partial charge in [-0.2, -0.15) is 0 Å². The van der Waals surface area contributed by atoms with E-state index in [-0.39, 0.29) is 12.2 Å². The third-order valence-corrected chi connectivity index (χ3v) is 3.72. The molecule has 2 aromatic heterocycles. The molecule has 5 nitrogen and oxygen atoms in total. The summed E-state index contributed by atoms with van der Waals surface area (Å²) in [5.41, 5.74) is 3.04. The minimum Gasteiger partial charge on any atom is -0.350 e. The number of aromatic nitrogens is 2. The summed E-state index contributed by atoms with van der Waals surface area (Å²) in [6.45, 7) is 2.36. The summed E-state index contributed by atoms with van der Waals surface area (Å²) in [5.74, 6) is -0.887. The molecular weight excluding hydrogens is 278 g/mol. The number of carbonyl (C=O) groups excluding carboxylic acids is 2. The highest BCUT2D eigenvalue weighted by molar-refractivity contribution is 6.36. The molecule has 0 saturated carbocycles. The van der Waals surface area contributed by atoms with Crippen LogP contribution < -0.4 is 5.32 Å². The van der Waals surface area contributed by atoms with Crippen LogP contribution in [0.3, 0.4) is 0 Å². The molecule has 0 unspecified atom stereocenters. The van der Waals surface area contributed by atoms with Crippen molar-refractivity contribution >= 4 is 11.7 Å². The molecule has 0 aliphatic carbocycles. The van der Waals surface area contributed by atoms with Gasteiger partial charge in [-0.25, -0.2) is 0 Å². The molecular formula is C17H21N3O2. The van der Waals surface area contributed by atoms with E-state index < -0.39 is 5.91 Å². The number of hydrogen-bond acceptors (Lipinski definition) is 3. The second-order valence-electron chi connectivity index (χ2n) is 5.31. The first-order valence-corrected chi connectivity index (χ1v) is 7.40. The number of aryl methyl sites for hydroxylation is 2. The molecule has 22 heavy (non-hydrogen) atoms. The Hall–Kier alpha value is -2.43. The number of carbonyl (C=O) groups is 2. The maximum absolute atomic E-state index is 11.8. The molecule has 0 aliphatic heterocycles. The first-order valence-electron chi connectivity index (χ1n) is 7.40. The third-order valence-electron chi connectivity index (χ3n) is 3.72. The molecule has 0 aromatic carbocycles. The monoisotopic (exact) mass is 299 g/mol. The Kier molecular flexibility index (Phi) is 5.47. The number of pyridine rings is 1. The largest absolute Gasteiger partial charge is 0.350 e. The van der Waals surface area contributed by atoms with Gasteiger partial charge in [-0.1, -0.05) is 6.07 Å². The van der Waals surface area contributed by atoms with E-state index in [9.17, 15) is 9.59 Å². The molecule has 0 spiro atoms. The fraction of sp³-hybridized carbons (Fsp3) is 0.353. The predicted molar refractivity (Wildman–Crippen MR) is 84.2 cm³/mol. The first-order chi connectivity index (χ1) is 10.6. The van der Waals surface area contributed by atoms with E-state index in [2.05, 4.69) is 10.3 Å². The molecule has 2 aromatic rings. The second kappa shape index (κ2) is 7.54. The number of rotatable bonds is 7. The van der Waals surface area contributed by atoms with Gasteiger partial charge in [0.1, 0.15) is 0 Å². The summed E-state index contributed by atoms with van der Waals surface area (Å²) in [4.78, 5) is 27.8. The van der Waals surface area contributed by atoms with Crippen molar-refractivity contribution in [3.63, 3.8) is 0 Å². The Morgan fingerprint density at radius 2 is 2.05 bits per heavy atom. The van der Waals surface area contributed by atoms with Crippen LogP contribution in [0.25, 0.3) is 0 Å². The minimum absolute atomic E-state index is 0.245. The Balaban J connectivity index is 1.73. The first kappa shape index (κ1) is 15.9. The fourth-order valence-electron chi connectivity index (χ4n) is 2.20. The van der Waals surface area contributed by atoms with Gasteiger partial charge < -0.3 is 9.88 Å². The summed E-state index contributed by atoms with van der Waals surface area (Å²) < 4.78 is 1.99. The van der Waals surface area contributed by atoms with Crippen LogP contribution in [0, 0.1) is 6.92 Å². The standard InChI is InChI=1S/C17H21N3O2/c1-13-9-10-15(20(13)2)12-19-17(22)16(21)8-5-7-14-6-3-4-11-18-14/h3-4,6,9-11H,5,7-8,12H2,1-2H3,(H,19,22). The van der Waals surface area contributed by atoms with Gasteiger partial charge >= 0.3 is 0 Å². The van der Waals surface area contributed by atoms with E-state index in [1.165, 1.54) is 0 Å². The Morgan fingerprint density at radius 3 is 2.68 bits per heavy atom. The number of nitrogens with zero attached hydrogens (tertiary/aromatic N) is 2. The van der Waals surface area contributed by atoms with Gasteiger partial charge in [-0.05, 0) is 44.0 Å². The molecule has 2 rings (SSSR count). The summed E-state index contributed by atoms with van der Waals surface area (Å²) in [6, 6.07) is 9.62. The van der Waals surface area contributed by atoms with Crippen molar-refractivity contribution in [2.24, 2.45) is 7.05 Å². The molecule has 0 aliphatic rings. The number of nitrogens with one attached hydrogen (secondary N) is 1. The number of amides is 1. The summed E-state index contributed by atoms with van der Waals surface area (Å²) in [6.07, 6.45) is 3.31. The van der Waals surface area contributed by atoms with Crippen LogP contribution in [-0.4, -0.2) is 21.2 Å². The summed E-state index contributed by atoms with van der Waals surface area (Å²) >= 11 is 0. The molecule has 0 fully saturated rings. The van der Waals surface area contributed by atoms with Crippen molar-refractivity contribution in [2.45, 2.75) is 32.7 Å².